The Labute approximate surface area is 163 Å². The standard InChI is InChI=1S/C23H34OP2/c1-7-14-23(8-2,20-15-17(3)12-13-21(20)24)25-22-18(4)10-9-11-19(22)16-26(5)6/h9-13,15,24-25H,7-8,14,16H2,1-6H3. The molecular formula is C23H34OP2. The molecule has 2 aromatic rings. The summed E-state index contributed by atoms with van der Waals surface area (Å²) >= 11 is 0. The maximum absolute atomic E-state index is 10.7. The number of phenolic OH excluding ortho intramolecular Hbond substituents is 1. The van der Waals surface area contributed by atoms with Crippen LogP contribution in [0.25, 0.3) is 0 Å². The zero-order valence-electron chi connectivity index (χ0n) is 17.2. The fraction of sp³-hybridized carbons (Fsp3) is 0.478. The first kappa shape index (κ1) is 21.4. The van der Waals surface area contributed by atoms with Crippen LogP contribution in [0.2, 0.25) is 0 Å². The van der Waals surface area contributed by atoms with Gasteiger partial charge in [-0.15, -0.1) is 7.92 Å². The van der Waals surface area contributed by atoms with E-state index < -0.39 is 0 Å². The lowest BCUT2D eigenvalue weighted by molar-refractivity contribution is 0.442. The number of rotatable bonds is 8. The smallest absolute Gasteiger partial charge is 0.119 e. The van der Waals surface area contributed by atoms with Gasteiger partial charge in [-0.2, -0.15) is 0 Å². The van der Waals surface area contributed by atoms with Crippen molar-refractivity contribution in [1.82, 2.24) is 0 Å². The number of aromatic hydroxyl groups is 1. The van der Waals surface area contributed by atoms with E-state index in [0.717, 1.165) is 24.8 Å². The molecule has 0 aliphatic heterocycles. The first-order chi connectivity index (χ1) is 12.3. The average molecular weight is 388 g/mol. The highest BCUT2D eigenvalue weighted by molar-refractivity contribution is 7.55. The number of aryl methyl sites for hydroxylation is 2. The van der Waals surface area contributed by atoms with Gasteiger partial charge in [-0.3, -0.25) is 0 Å². The summed E-state index contributed by atoms with van der Waals surface area (Å²) in [4.78, 5) is 0. The third-order valence-corrected chi connectivity index (χ3v) is 8.45. The van der Waals surface area contributed by atoms with Gasteiger partial charge in [0.25, 0.3) is 0 Å². The molecule has 0 saturated carbocycles. The van der Waals surface area contributed by atoms with Gasteiger partial charge >= 0.3 is 0 Å². The lowest BCUT2D eigenvalue weighted by Gasteiger charge is -2.36. The van der Waals surface area contributed by atoms with Crippen molar-refractivity contribution in [3.63, 3.8) is 0 Å². The van der Waals surface area contributed by atoms with Crippen LogP contribution in [0.15, 0.2) is 36.4 Å². The van der Waals surface area contributed by atoms with Crippen LogP contribution in [-0.4, -0.2) is 18.4 Å². The van der Waals surface area contributed by atoms with Crippen molar-refractivity contribution in [2.75, 3.05) is 13.3 Å². The highest BCUT2D eigenvalue weighted by atomic mass is 31.1. The molecule has 0 aliphatic rings. The van der Waals surface area contributed by atoms with E-state index in [1.54, 1.807) is 0 Å². The zero-order chi connectivity index (χ0) is 19.3. The third-order valence-electron chi connectivity index (χ3n) is 5.16. The Balaban J connectivity index is 2.58. The highest BCUT2D eigenvalue weighted by Gasteiger charge is 2.33. The molecule has 0 bridgehead atoms. The average Bonchev–Trinajstić information content (AvgIpc) is 2.59. The Morgan fingerprint density at radius 2 is 1.81 bits per heavy atom. The predicted molar refractivity (Wildman–Crippen MR) is 121 cm³/mol. The molecule has 26 heavy (non-hydrogen) atoms. The van der Waals surface area contributed by atoms with Crippen LogP contribution in [0.5, 0.6) is 5.75 Å². The molecule has 0 amide bonds. The summed E-state index contributed by atoms with van der Waals surface area (Å²) < 4.78 is 0. The molecule has 0 spiro atoms. The fourth-order valence-corrected chi connectivity index (χ4v) is 6.87. The Hall–Kier alpha value is -0.900. The van der Waals surface area contributed by atoms with Crippen molar-refractivity contribution in [3.8, 4) is 5.75 Å². The van der Waals surface area contributed by atoms with Gasteiger partial charge in [-0.1, -0.05) is 64.7 Å². The molecule has 0 fully saturated rings. The molecule has 1 nitrogen and oxygen atoms in total. The molecule has 2 aromatic carbocycles. The second-order valence-electron chi connectivity index (χ2n) is 7.68. The van der Waals surface area contributed by atoms with Crippen molar-refractivity contribution < 1.29 is 5.11 Å². The number of hydrogen-bond acceptors (Lipinski definition) is 1. The Morgan fingerprint density at radius 3 is 2.42 bits per heavy atom. The zero-order valence-corrected chi connectivity index (χ0v) is 19.1. The molecule has 0 heterocycles. The summed E-state index contributed by atoms with van der Waals surface area (Å²) in [5, 5.41) is 12.2. The Bertz CT molecular complexity index is 739. The SMILES string of the molecule is CCCC(CC)(Pc1c(C)cccc1CP(C)C)c1cc(C)ccc1O. The minimum absolute atomic E-state index is 0.0238. The van der Waals surface area contributed by atoms with Gasteiger partial charge in [0.05, 0.1) is 0 Å². The van der Waals surface area contributed by atoms with E-state index in [1.165, 1.54) is 28.2 Å². The highest BCUT2D eigenvalue weighted by Crippen LogP contribution is 2.51. The molecular weight excluding hydrogens is 354 g/mol. The van der Waals surface area contributed by atoms with E-state index in [2.05, 4.69) is 65.3 Å². The number of hydrogen-bond donors (Lipinski definition) is 1. The second-order valence-corrected chi connectivity index (χ2v) is 11.9. The van der Waals surface area contributed by atoms with Gasteiger partial charge < -0.3 is 5.11 Å². The van der Waals surface area contributed by atoms with E-state index in [9.17, 15) is 5.11 Å². The van der Waals surface area contributed by atoms with Crippen molar-refractivity contribution in [2.45, 2.75) is 58.3 Å². The summed E-state index contributed by atoms with van der Waals surface area (Å²) in [5.41, 5.74) is 5.29. The summed E-state index contributed by atoms with van der Waals surface area (Å²) in [6.45, 7) is 13.6. The van der Waals surface area contributed by atoms with Crippen LogP contribution in [0, 0.1) is 13.8 Å². The van der Waals surface area contributed by atoms with Crippen LogP contribution >= 0.6 is 16.5 Å². The quantitative estimate of drug-likeness (QED) is 0.501. The van der Waals surface area contributed by atoms with Gasteiger partial charge in [-0.25, -0.2) is 0 Å². The molecule has 3 heteroatoms. The summed E-state index contributed by atoms with van der Waals surface area (Å²) in [7, 11) is 0.721. The molecule has 1 N–H and O–H groups in total. The normalized spacial score (nSPS) is 14.3. The maximum Gasteiger partial charge on any atom is 0.119 e. The molecule has 2 unspecified atom stereocenters. The van der Waals surface area contributed by atoms with Crippen LogP contribution in [0.3, 0.4) is 0 Å². The molecule has 2 rings (SSSR count). The number of phenols is 1. The van der Waals surface area contributed by atoms with Crippen molar-refractivity contribution in [2.24, 2.45) is 0 Å². The number of benzene rings is 2. The molecule has 0 aliphatic carbocycles. The Kier molecular flexibility index (Phi) is 7.69. The van der Waals surface area contributed by atoms with Crippen LogP contribution < -0.4 is 5.30 Å². The van der Waals surface area contributed by atoms with Crippen molar-refractivity contribution in [3.05, 3.63) is 58.7 Å². The van der Waals surface area contributed by atoms with Gasteiger partial charge in [0.2, 0.25) is 0 Å². The minimum Gasteiger partial charge on any atom is -0.508 e. The molecule has 0 aromatic heterocycles. The minimum atomic E-state index is 0.0238. The van der Waals surface area contributed by atoms with Crippen LogP contribution in [-0.2, 0) is 11.3 Å². The van der Waals surface area contributed by atoms with Gasteiger partial charge in [0.15, 0.2) is 0 Å². The van der Waals surface area contributed by atoms with Crippen LogP contribution in [0.1, 0.15) is 55.4 Å². The van der Waals surface area contributed by atoms with Crippen molar-refractivity contribution >= 4 is 21.8 Å². The van der Waals surface area contributed by atoms with Crippen molar-refractivity contribution in [1.29, 1.82) is 0 Å². The summed E-state index contributed by atoms with van der Waals surface area (Å²) in [6.07, 6.45) is 4.48. The first-order valence-electron chi connectivity index (χ1n) is 9.64. The third kappa shape index (κ3) is 4.88. The molecule has 142 valence electrons. The topological polar surface area (TPSA) is 20.2 Å². The second kappa shape index (κ2) is 9.34. The Morgan fingerprint density at radius 1 is 1.08 bits per heavy atom. The van der Waals surface area contributed by atoms with Gasteiger partial charge in [-0.05, 0) is 68.7 Å². The largest absolute Gasteiger partial charge is 0.508 e. The van der Waals surface area contributed by atoms with E-state index in [-0.39, 0.29) is 13.1 Å². The van der Waals surface area contributed by atoms with E-state index in [1.807, 2.05) is 12.1 Å². The summed E-state index contributed by atoms with van der Waals surface area (Å²) in [5.74, 6) is 0.460. The lowest BCUT2D eigenvalue weighted by Crippen LogP contribution is -2.25. The molecule has 0 radical (unpaired) electrons. The molecule has 2 atom stereocenters. The van der Waals surface area contributed by atoms with E-state index in [4.69, 9.17) is 0 Å². The van der Waals surface area contributed by atoms with Crippen LogP contribution in [0.4, 0.5) is 0 Å². The fourth-order valence-electron chi connectivity index (χ4n) is 3.80. The van der Waals surface area contributed by atoms with E-state index in [0.29, 0.717) is 14.3 Å². The van der Waals surface area contributed by atoms with E-state index >= 15 is 0 Å². The van der Waals surface area contributed by atoms with Gasteiger partial charge in [0, 0.05) is 10.7 Å². The predicted octanol–water partition coefficient (Wildman–Crippen LogP) is 6.66. The molecule has 0 saturated heterocycles. The first-order valence-corrected chi connectivity index (χ1v) is 13.1. The van der Waals surface area contributed by atoms with Gasteiger partial charge in [0.1, 0.15) is 5.75 Å². The maximum atomic E-state index is 10.7. The lowest BCUT2D eigenvalue weighted by atomic mass is 9.89. The monoisotopic (exact) mass is 388 g/mol. The summed E-state index contributed by atoms with van der Waals surface area (Å²) in [6, 6.07) is 12.9.